The third-order valence-electron chi connectivity index (χ3n) is 2.66. The zero-order chi connectivity index (χ0) is 12.4. The number of aromatic nitrogens is 3. The summed E-state index contributed by atoms with van der Waals surface area (Å²) in [6.07, 6.45) is 1.89. The summed E-state index contributed by atoms with van der Waals surface area (Å²) in [7, 11) is 1.87. The zero-order valence-electron chi connectivity index (χ0n) is 10.4. The van der Waals surface area contributed by atoms with Crippen LogP contribution in [0.2, 0.25) is 0 Å². The number of hydrogen-bond acceptors (Lipinski definition) is 3. The normalized spacial score (nSPS) is 12.7. The van der Waals surface area contributed by atoms with Crippen molar-refractivity contribution in [2.75, 3.05) is 0 Å². The van der Waals surface area contributed by atoms with Crippen LogP contribution in [0.1, 0.15) is 28.7 Å². The van der Waals surface area contributed by atoms with Gasteiger partial charge in [0, 0.05) is 31.1 Å². The number of aliphatic hydroxyl groups excluding tert-OH is 1. The maximum atomic E-state index is 10.2. The van der Waals surface area contributed by atoms with Crippen molar-refractivity contribution in [2.24, 2.45) is 7.05 Å². The van der Waals surface area contributed by atoms with E-state index >= 15 is 0 Å². The van der Waals surface area contributed by atoms with Crippen molar-refractivity contribution >= 4 is 0 Å². The van der Waals surface area contributed by atoms with Gasteiger partial charge in [0.1, 0.15) is 0 Å². The van der Waals surface area contributed by atoms with E-state index in [9.17, 15) is 5.11 Å². The molecule has 0 bridgehead atoms. The van der Waals surface area contributed by atoms with Crippen LogP contribution >= 0.6 is 0 Å². The van der Waals surface area contributed by atoms with Gasteiger partial charge < -0.3 is 5.11 Å². The zero-order valence-corrected chi connectivity index (χ0v) is 10.4. The van der Waals surface area contributed by atoms with E-state index in [4.69, 9.17) is 0 Å². The molecule has 0 spiro atoms. The Hall–Kier alpha value is -1.68. The molecular formula is C13H17N3O. The van der Waals surface area contributed by atoms with Gasteiger partial charge in [0.25, 0.3) is 0 Å². The number of aliphatic hydroxyl groups is 1. The maximum Gasteiger partial charge on any atom is 0.0847 e. The van der Waals surface area contributed by atoms with E-state index in [-0.39, 0.29) is 0 Å². The molecule has 1 unspecified atom stereocenters. The molecule has 0 aliphatic carbocycles. The lowest BCUT2D eigenvalue weighted by molar-refractivity contribution is 0.176. The van der Waals surface area contributed by atoms with Gasteiger partial charge in [0.05, 0.1) is 11.8 Å². The summed E-state index contributed by atoms with van der Waals surface area (Å²) < 4.78 is 1.74. The van der Waals surface area contributed by atoms with Crippen LogP contribution in [0.4, 0.5) is 0 Å². The van der Waals surface area contributed by atoms with E-state index < -0.39 is 6.10 Å². The van der Waals surface area contributed by atoms with Gasteiger partial charge in [-0.05, 0) is 37.6 Å². The van der Waals surface area contributed by atoms with Gasteiger partial charge in [0.15, 0.2) is 0 Å². The fraction of sp³-hybridized carbons (Fsp3) is 0.385. The Morgan fingerprint density at radius 1 is 1.29 bits per heavy atom. The minimum absolute atomic E-state index is 0.523. The van der Waals surface area contributed by atoms with E-state index in [0.717, 1.165) is 22.6 Å². The molecule has 0 aromatic carbocycles. The molecule has 2 heterocycles. The first-order valence-corrected chi connectivity index (χ1v) is 5.66. The molecule has 0 amide bonds. The van der Waals surface area contributed by atoms with Gasteiger partial charge in [-0.3, -0.25) is 9.67 Å². The molecule has 0 aliphatic rings. The molecule has 2 aromatic heterocycles. The molecule has 1 atom stereocenters. The summed E-state index contributed by atoms with van der Waals surface area (Å²) in [6, 6.07) is 5.76. The predicted molar refractivity (Wildman–Crippen MR) is 65.6 cm³/mol. The maximum absolute atomic E-state index is 10.2. The van der Waals surface area contributed by atoms with E-state index in [2.05, 4.69) is 10.1 Å². The van der Waals surface area contributed by atoms with Crippen LogP contribution in [0.5, 0.6) is 0 Å². The third-order valence-corrected chi connectivity index (χ3v) is 2.66. The van der Waals surface area contributed by atoms with Crippen molar-refractivity contribution < 1.29 is 5.11 Å². The van der Waals surface area contributed by atoms with E-state index in [1.54, 1.807) is 4.68 Å². The van der Waals surface area contributed by atoms with E-state index in [1.807, 2.05) is 45.3 Å². The molecular weight excluding hydrogens is 214 g/mol. The fourth-order valence-corrected chi connectivity index (χ4v) is 1.95. The summed E-state index contributed by atoms with van der Waals surface area (Å²) in [5.74, 6) is 0. The average Bonchev–Trinajstić information content (AvgIpc) is 2.62. The van der Waals surface area contributed by atoms with Gasteiger partial charge in [-0.25, -0.2) is 0 Å². The van der Waals surface area contributed by atoms with Crippen molar-refractivity contribution in [3.05, 3.63) is 47.0 Å². The highest BCUT2D eigenvalue weighted by Crippen LogP contribution is 2.18. The quantitative estimate of drug-likeness (QED) is 0.874. The predicted octanol–water partition coefficient (Wildman–Crippen LogP) is 1.71. The Kier molecular flexibility index (Phi) is 3.24. The van der Waals surface area contributed by atoms with Gasteiger partial charge in [-0.1, -0.05) is 0 Å². The number of rotatable bonds is 3. The molecule has 4 nitrogen and oxygen atoms in total. The lowest BCUT2D eigenvalue weighted by atomic mass is 10.0. The Morgan fingerprint density at radius 3 is 2.47 bits per heavy atom. The number of pyridine rings is 1. The van der Waals surface area contributed by atoms with E-state index in [0.29, 0.717) is 6.42 Å². The second kappa shape index (κ2) is 4.67. The van der Waals surface area contributed by atoms with Crippen LogP contribution in [-0.4, -0.2) is 19.9 Å². The monoisotopic (exact) mass is 231 g/mol. The van der Waals surface area contributed by atoms with Crippen LogP contribution in [0.25, 0.3) is 0 Å². The molecule has 0 saturated heterocycles. The Balaban J connectivity index is 2.16. The van der Waals surface area contributed by atoms with Crippen molar-refractivity contribution in [1.82, 2.24) is 14.8 Å². The van der Waals surface area contributed by atoms with Crippen molar-refractivity contribution in [1.29, 1.82) is 0 Å². The highest BCUT2D eigenvalue weighted by Gasteiger charge is 2.11. The minimum Gasteiger partial charge on any atom is -0.388 e. The molecule has 17 heavy (non-hydrogen) atoms. The van der Waals surface area contributed by atoms with Crippen molar-refractivity contribution in [3.63, 3.8) is 0 Å². The third kappa shape index (κ3) is 2.91. The van der Waals surface area contributed by atoms with Gasteiger partial charge in [-0.15, -0.1) is 0 Å². The molecule has 0 radical (unpaired) electrons. The molecule has 0 fully saturated rings. The SMILES string of the molecule is Cc1cc(C(O)Cc2ccn(C)n2)cc(C)n1. The molecule has 2 aromatic rings. The summed E-state index contributed by atoms with van der Waals surface area (Å²) in [4.78, 5) is 4.30. The van der Waals surface area contributed by atoms with Crippen LogP contribution in [-0.2, 0) is 13.5 Å². The second-order valence-corrected chi connectivity index (χ2v) is 4.38. The number of aryl methyl sites for hydroxylation is 3. The van der Waals surface area contributed by atoms with Crippen LogP contribution in [0, 0.1) is 13.8 Å². The van der Waals surface area contributed by atoms with E-state index in [1.165, 1.54) is 0 Å². The largest absolute Gasteiger partial charge is 0.388 e. The van der Waals surface area contributed by atoms with Gasteiger partial charge in [-0.2, -0.15) is 5.10 Å². The summed E-state index contributed by atoms with van der Waals surface area (Å²) in [5, 5.41) is 14.4. The van der Waals surface area contributed by atoms with Crippen molar-refractivity contribution in [3.8, 4) is 0 Å². The minimum atomic E-state index is -0.523. The summed E-state index contributed by atoms with van der Waals surface area (Å²) in [6.45, 7) is 3.87. The lowest BCUT2D eigenvalue weighted by Crippen LogP contribution is -2.04. The average molecular weight is 231 g/mol. The second-order valence-electron chi connectivity index (χ2n) is 4.38. The van der Waals surface area contributed by atoms with Crippen LogP contribution in [0.3, 0.4) is 0 Å². The summed E-state index contributed by atoms with van der Waals surface area (Å²) >= 11 is 0. The Bertz CT molecular complexity index is 499. The molecule has 1 N–H and O–H groups in total. The highest BCUT2D eigenvalue weighted by atomic mass is 16.3. The lowest BCUT2D eigenvalue weighted by Gasteiger charge is -2.10. The van der Waals surface area contributed by atoms with Crippen LogP contribution in [0.15, 0.2) is 24.4 Å². The summed E-state index contributed by atoms with van der Waals surface area (Å²) in [5.41, 5.74) is 3.66. The van der Waals surface area contributed by atoms with Crippen molar-refractivity contribution in [2.45, 2.75) is 26.4 Å². The highest BCUT2D eigenvalue weighted by molar-refractivity contribution is 5.23. The van der Waals surface area contributed by atoms with Gasteiger partial charge in [0.2, 0.25) is 0 Å². The Morgan fingerprint density at radius 2 is 1.94 bits per heavy atom. The first-order valence-electron chi connectivity index (χ1n) is 5.66. The number of nitrogens with zero attached hydrogens (tertiary/aromatic N) is 3. The fourth-order valence-electron chi connectivity index (χ4n) is 1.95. The molecule has 90 valence electrons. The first-order chi connectivity index (χ1) is 8.04. The van der Waals surface area contributed by atoms with Crippen LogP contribution < -0.4 is 0 Å². The number of hydrogen-bond donors (Lipinski definition) is 1. The molecule has 2 rings (SSSR count). The van der Waals surface area contributed by atoms with Gasteiger partial charge >= 0.3 is 0 Å². The Labute approximate surface area is 101 Å². The molecule has 0 aliphatic heterocycles. The topological polar surface area (TPSA) is 50.9 Å². The standard InChI is InChI=1S/C13H17N3O/c1-9-6-11(7-10(2)14-9)13(17)8-12-4-5-16(3)15-12/h4-7,13,17H,8H2,1-3H3. The molecule has 0 saturated carbocycles. The smallest absolute Gasteiger partial charge is 0.0847 e. The molecule has 4 heteroatoms. The first kappa shape index (κ1) is 11.8.